The molecular formula is C35H44FNO10. The number of rotatable bonds is 8. The van der Waals surface area contributed by atoms with Crippen LogP contribution >= 0.6 is 0 Å². The average molecular weight is 658 g/mol. The van der Waals surface area contributed by atoms with E-state index < -0.39 is 87.5 Å². The first-order chi connectivity index (χ1) is 22.0. The first kappa shape index (κ1) is 33.6. The third-order valence-electron chi connectivity index (χ3n) is 12.9. The molecule has 0 bridgehead atoms. The molecule has 5 fully saturated rings. The van der Waals surface area contributed by atoms with Gasteiger partial charge in [0.05, 0.1) is 18.9 Å². The first-order valence-corrected chi connectivity index (χ1v) is 16.8. The summed E-state index contributed by atoms with van der Waals surface area (Å²) in [5, 5.41) is 24.2. The van der Waals surface area contributed by atoms with Crippen molar-refractivity contribution in [2.24, 2.45) is 34.0 Å². The summed E-state index contributed by atoms with van der Waals surface area (Å²) in [6.07, 6.45) is 5.83. The number of hydrogen-bond donors (Lipinski definition) is 2. The minimum atomic E-state index is -2.11. The Hall–Kier alpha value is -3.25. The van der Waals surface area contributed by atoms with E-state index >= 15 is 4.39 Å². The summed E-state index contributed by atoms with van der Waals surface area (Å²) >= 11 is 0. The highest BCUT2D eigenvalue weighted by atomic mass is 19.1. The SMILES string of the molecule is C[C@@H]1C[C@H]2[C@@H]3CCC4=CC(=O)C=C[C@]4(C)[C@@]3(F)C(O)CC2(C)[C@@]1(O)C(=O)COC(=O)CC1(CC(=O)ON2C(=O)CCC2=O)CCCC1. The van der Waals surface area contributed by atoms with Crippen LogP contribution in [0, 0.1) is 34.0 Å². The van der Waals surface area contributed by atoms with E-state index in [9.17, 15) is 39.0 Å². The maximum absolute atomic E-state index is 17.4. The van der Waals surface area contributed by atoms with Crippen LogP contribution in [-0.2, 0) is 38.3 Å². The van der Waals surface area contributed by atoms with Crippen molar-refractivity contribution < 1.29 is 52.9 Å². The Balaban J connectivity index is 1.14. The second-order valence-corrected chi connectivity index (χ2v) is 15.4. The Morgan fingerprint density at radius 1 is 1.00 bits per heavy atom. The number of carbonyl (C=O) groups is 6. The fourth-order valence-electron chi connectivity index (χ4n) is 10.4. The molecule has 11 nitrogen and oxygen atoms in total. The van der Waals surface area contributed by atoms with Crippen molar-refractivity contribution >= 4 is 35.3 Å². The minimum Gasteiger partial charge on any atom is -0.458 e. The fraction of sp³-hybridized carbons (Fsp3) is 0.714. The Labute approximate surface area is 272 Å². The van der Waals surface area contributed by atoms with Gasteiger partial charge in [0.2, 0.25) is 5.78 Å². The number of aliphatic hydroxyl groups excluding tert-OH is 1. The number of Topliss-reactive ketones (excluding diaryl/α,β-unsaturated/α-hetero) is 1. The quantitative estimate of drug-likeness (QED) is 0.292. The predicted molar refractivity (Wildman–Crippen MR) is 161 cm³/mol. The molecule has 2 N–H and O–H groups in total. The number of amides is 2. The van der Waals surface area contributed by atoms with Gasteiger partial charge in [-0.2, -0.15) is 0 Å². The molecule has 0 aromatic heterocycles. The first-order valence-electron chi connectivity index (χ1n) is 16.8. The molecule has 5 aliphatic carbocycles. The van der Waals surface area contributed by atoms with Crippen LogP contribution in [0.2, 0.25) is 0 Å². The number of carbonyl (C=O) groups excluding carboxylic acids is 6. The van der Waals surface area contributed by atoms with Gasteiger partial charge in [-0.05, 0) is 74.9 Å². The van der Waals surface area contributed by atoms with Gasteiger partial charge in [-0.25, -0.2) is 9.18 Å². The number of fused-ring (bicyclic) bond motifs is 5. The lowest BCUT2D eigenvalue weighted by Crippen LogP contribution is -2.69. The smallest absolute Gasteiger partial charge is 0.333 e. The largest absolute Gasteiger partial charge is 0.458 e. The summed E-state index contributed by atoms with van der Waals surface area (Å²) in [7, 11) is 0. The van der Waals surface area contributed by atoms with E-state index in [1.54, 1.807) is 26.8 Å². The molecular weight excluding hydrogens is 613 g/mol. The molecule has 256 valence electrons. The molecule has 0 spiro atoms. The van der Waals surface area contributed by atoms with Gasteiger partial charge in [0.15, 0.2) is 18.1 Å². The second kappa shape index (κ2) is 11.4. The molecule has 4 saturated carbocycles. The van der Waals surface area contributed by atoms with Crippen molar-refractivity contribution in [3.8, 4) is 0 Å². The van der Waals surface area contributed by atoms with Gasteiger partial charge in [0.25, 0.3) is 11.8 Å². The van der Waals surface area contributed by atoms with Gasteiger partial charge >= 0.3 is 11.9 Å². The molecule has 1 saturated heterocycles. The van der Waals surface area contributed by atoms with E-state index in [1.165, 1.54) is 12.2 Å². The summed E-state index contributed by atoms with van der Waals surface area (Å²) in [6.45, 7) is 4.42. The Morgan fingerprint density at radius 3 is 2.30 bits per heavy atom. The molecule has 6 aliphatic rings. The van der Waals surface area contributed by atoms with E-state index in [2.05, 4.69) is 0 Å². The van der Waals surface area contributed by atoms with Crippen molar-refractivity contribution in [1.29, 1.82) is 0 Å². The van der Waals surface area contributed by atoms with Gasteiger partial charge < -0.3 is 19.8 Å². The molecule has 2 unspecified atom stereocenters. The molecule has 0 aromatic carbocycles. The van der Waals surface area contributed by atoms with Crippen molar-refractivity contribution in [3.05, 3.63) is 23.8 Å². The number of esters is 1. The number of aliphatic hydroxyl groups is 2. The van der Waals surface area contributed by atoms with Gasteiger partial charge in [-0.3, -0.25) is 24.0 Å². The molecule has 47 heavy (non-hydrogen) atoms. The number of hydrogen-bond acceptors (Lipinski definition) is 10. The van der Waals surface area contributed by atoms with Crippen LogP contribution in [-0.4, -0.2) is 74.6 Å². The van der Waals surface area contributed by atoms with E-state index in [0.29, 0.717) is 42.7 Å². The zero-order valence-corrected chi connectivity index (χ0v) is 27.2. The monoisotopic (exact) mass is 657 g/mol. The van der Waals surface area contributed by atoms with E-state index in [-0.39, 0.29) is 37.9 Å². The third kappa shape index (κ3) is 4.95. The molecule has 0 radical (unpaired) electrons. The number of allylic oxidation sites excluding steroid dienone is 4. The molecule has 2 amide bonds. The maximum atomic E-state index is 17.4. The minimum absolute atomic E-state index is 0.0339. The maximum Gasteiger partial charge on any atom is 0.333 e. The molecule has 1 aliphatic heterocycles. The summed E-state index contributed by atoms with van der Waals surface area (Å²) in [5.74, 6) is -5.42. The van der Waals surface area contributed by atoms with Crippen molar-refractivity contribution in [2.45, 2.75) is 115 Å². The number of hydroxylamine groups is 2. The van der Waals surface area contributed by atoms with Gasteiger partial charge in [0, 0.05) is 29.6 Å². The third-order valence-corrected chi connectivity index (χ3v) is 12.9. The topological polar surface area (TPSA) is 165 Å². The van der Waals surface area contributed by atoms with E-state index in [0.717, 1.165) is 12.8 Å². The number of ether oxygens (including phenoxy) is 1. The number of imide groups is 1. The van der Waals surface area contributed by atoms with Crippen LogP contribution in [0.3, 0.4) is 0 Å². The Morgan fingerprint density at radius 2 is 1.64 bits per heavy atom. The van der Waals surface area contributed by atoms with Crippen molar-refractivity contribution in [2.75, 3.05) is 6.61 Å². The Bertz CT molecular complexity index is 1470. The molecule has 12 heteroatoms. The fourth-order valence-corrected chi connectivity index (χ4v) is 10.4. The van der Waals surface area contributed by atoms with Gasteiger partial charge in [-0.15, -0.1) is 5.06 Å². The van der Waals surface area contributed by atoms with Gasteiger partial charge in [0.1, 0.15) is 5.60 Å². The second-order valence-electron chi connectivity index (χ2n) is 15.4. The lowest BCUT2D eigenvalue weighted by atomic mass is 9.44. The summed E-state index contributed by atoms with van der Waals surface area (Å²) in [5.41, 5.74) is -6.69. The molecule has 0 aromatic rings. The number of alkyl halides is 1. The summed E-state index contributed by atoms with van der Waals surface area (Å²) < 4.78 is 22.9. The highest BCUT2D eigenvalue weighted by Gasteiger charge is 2.75. The van der Waals surface area contributed by atoms with Crippen LogP contribution in [0.1, 0.15) is 97.8 Å². The van der Waals surface area contributed by atoms with E-state index in [4.69, 9.17) is 9.57 Å². The van der Waals surface area contributed by atoms with Gasteiger partial charge in [-0.1, -0.05) is 38.3 Å². The van der Waals surface area contributed by atoms with Crippen molar-refractivity contribution in [3.63, 3.8) is 0 Å². The standard InChI is InChI=1S/C35H44FNO10/c1-20-14-24-23-7-6-21-15-22(38)10-13-31(21,2)34(23,36)25(39)16-32(24,3)35(20,45)26(40)19-46-29(43)17-33(11-4-5-12-33)18-30(44)47-37-27(41)8-9-28(37)42/h10,13,15,20,23-25,39,45H,4-9,11-12,14,16-19H2,1-3H3/t20-,23+,24+,25?,31+,32?,34+,35+/m1/s1. The lowest BCUT2D eigenvalue weighted by Gasteiger charge is -2.62. The summed E-state index contributed by atoms with van der Waals surface area (Å²) in [4.78, 5) is 80.6. The van der Waals surface area contributed by atoms with Crippen LogP contribution < -0.4 is 0 Å². The highest BCUT2D eigenvalue weighted by molar-refractivity contribution is 6.02. The number of ketones is 2. The summed E-state index contributed by atoms with van der Waals surface area (Å²) in [6, 6.07) is 0. The normalized spacial score (nSPS) is 40.4. The predicted octanol–water partition coefficient (Wildman–Crippen LogP) is 3.39. The van der Waals surface area contributed by atoms with Crippen LogP contribution in [0.25, 0.3) is 0 Å². The number of halogens is 1. The van der Waals surface area contributed by atoms with Crippen molar-refractivity contribution in [1.82, 2.24) is 5.06 Å². The zero-order chi connectivity index (χ0) is 34.2. The van der Waals surface area contributed by atoms with Crippen LogP contribution in [0.5, 0.6) is 0 Å². The van der Waals surface area contributed by atoms with Crippen LogP contribution in [0.4, 0.5) is 4.39 Å². The molecule has 6 rings (SSSR count). The van der Waals surface area contributed by atoms with Crippen LogP contribution in [0.15, 0.2) is 23.8 Å². The average Bonchev–Trinajstić information content (AvgIpc) is 3.65. The number of nitrogens with zero attached hydrogens (tertiary/aromatic N) is 1. The van der Waals surface area contributed by atoms with E-state index in [1.807, 2.05) is 0 Å². The zero-order valence-electron chi connectivity index (χ0n) is 27.2. The Kier molecular flexibility index (Phi) is 8.18. The molecule has 8 atom stereocenters. The molecule has 1 heterocycles. The highest BCUT2D eigenvalue weighted by Crippen LogP contribution is 2.70. The lowest BCUT2D eigenvalue weighted by molar-refractivity contribution is -0.220.